The summed E-state index contributed by atoms with van der Waals surface area (Å²) in [6.07, 6.45) is -2.85. The first-order valence-electron chi connectivity index (χ1n) is 6.84. The number of methoxy groups -OCH3 is 1. The molecular weight excluding hydrogens is 320 g/mol. The summed E-state index contributed by atoms with van der Waals surface area (Å²) in [5.41, 5.74) is 0. The molecule has 0 radical (unpaired) electrons. The van der Waals surface area contributed by atoms with Crippen LogP contribution in [-0.4, -0.2) is 31.3 Å². The van der Waals surface area contributed by atoms with Gasteiger partial charge in [-0.25, -0.2) is 13.2 Å². The van der Waals surface area contributed by atoms with Crippen LogP contribution < -0.4 is 4.74 Å². The number of hydrogen-bond donors (Lipinski definition) is 1. The topological polar surface area (TPSA) is 47.9 Å². The van der Waals surface area contributed by atoms with Crippen molar-refractivity contribution in [1.29, 1.82) is 0 Å². The van der Waals surface area contributed by atoms with E-state index in [4.69, 9.17) is 14.6 Å². The third kappa shape index (κ3) is 3.69. The van der Waals surface area contributed by atoms with Crippen LogP contribution in [0.4, 0.5) is 17.6 Å². The van der Waals surface area contributed by atoms with Crippen LogP contribution in [0.1, 0.15) is 13.3 Å². The summed E-state index contributed by atoms with van der Waals surface area (Å²) in [4.78, 5) is 0. The van der Waals surface area contributed by atoms with Gasteiger partial charge in [-0.1, -0.05) is 6.92 Å². The third-order valence-corrected chi connectivity index (χ3v) is 3.56. The lowest BCUT2D eigenvalue weighted by molar-refractivity contribution is -0.0981. The molecule has 0 spiro atoms. The number of rotatable bonds is 5. The molecule has 0 amide bonds. The summed E-state index contributed by atoms with van der Waals surface area (Å²) in [7, 11) is 1.16. The highest BCUT2D eigenvalue weighted by atomic mass is 19.2. The van der Waals surface area contributed by atoms with Crippen molar-refractivity contribution in [2.24, 2.45) is 5.92 Å². The lowest BCUT2D eigenvalue weighted by Crippen LogP contribution is -2.38. The Kier molecular flexibility index (Phi) is 5.35. The molecule has 2 rings (SSSR count). The van der Waals surface area contributed by atoms with Crippen molar-refractivity contribution in [3.63, 3.8) is 0 Å². The molecule has 0 saturated carbocycles. The molecule has 3 unspecified atom stereocenters. The maximum Gasteiger partial charge on any atom is 0.200 e. The lowest BCUT2D eigenvalue weighted by atomic mass is 9.89. The minimum Gasteiger partial charge on any atom is -0.505 e. The zero-order chi connectivity index (χ0) is 17.1. The number of ether oxygens (including phenoxy) is 3. The van der Waals surface area contributed by atoms with E-state index >= 15 is 0 Å². The molecule has 1 aromatic carbocycles. The highest BCUT2D eigenvalue weighted by Gasteiger charge is 2.39. The molecular formula is C15H16F4O4. The van der Waals surface area contributed by atoms with Crippen molar-refractivity contribution < 1.29 is 36.9 Å². The van der Waals surface area contributed by atoms with Crippen LogP contribution in [-0.2, 0) is 9.47 Å². The molecule has 0 aromatic heterocycles. The maximum absolute atomic E-state index is 14.2. The van der Waals surface area contributed by atoms with E-state index in [0.717, 1.165) is 19.2 Å². The Bertz CT molecular complexity index is 582. The van der Waals surface area contributed by atoms with E-state index in [9.17, 15) is 17.6 Å². The molecule has 1 aromatic rings. The Balaban J connectivity index is 1.98. The smallest absolute Gasteiger partial charge is 0.200 e. The van der Waals surface area contributed by atoms with Crippen LogP contribution in [0.3, 0.4) is 0 Å². The summed E-state index contributed by atoms with van der Waals surface area (Å²) in [5.74, 6) is -5.34. The molecule has 3 atom stereocenters. The average molecular weight is 336 g/mol. The van der Waals surface area contributed by atoms with Gasteiger partial charge >= 0.3 is 0 Å². The fourth-order valence-electron chi connectivity index (χ4n) is 2.37. The molecule has 23 heavy (non-hydrogen) atoms. The normalized spacial score (nSPS) is 24.7. The highest BCUT2D eigenvalue weighted by molar-refractivity contribution is 5.34. The van der Waals surface area contributed by atoms with Crippen molar-refractivity contribution in [3.05, 3.63) is 35.4 Å². The van der Waals surface area contributed by atoms with Gasteiger partial charge in [0.15, 0.2) is 30.3 Å². The molecule has 0 aliphatic heterocycles. The molecule has 4 nitrogen and oxygen atoms in total. The van der Waals surface area contributed by atoms with Gasteiger partial charge < -0.3 is 19.3 Å². The Morgan fingerprint density at radius 2 is 1.96 bits per heavy atom. The van der Waals surface area contributed by atoms with Crippen molar-refractivity contribution in [3.8, 4) is 11.5 Å². The van der Waals surface area contributed by atoms with Gasteiger partial charge in [0.1, 0.15) is 17.7 Å². The van der Waals surface area contributed by atoms with Crippen LogP contribution in [0, 0.1) is 17.6 Å². The minimum atomic E-state index is -1.80. The van der Waals surface area contributed by atoms with Crippen molar-refractivity contribution in [2.45, 2.75) is 25.6 Å². The van der Waals surface area contributed by atoms with Crippen LogP contribution in [0.2, 0.25) is 0 Å². The summed E-state index contributed by atoms with van der Waals surface area (Å²) in [5, 5.41) is 9.15. The molecule has 128 valence electrons. The molecule has 8 heteroatoms. The molecule has 0 bridgehead atoms. The Morgan fingerprint density at radius 1 is 1.26 bits per heavy atom. The van der Waals surface area contributed by atoms with Gasteiger partial charge in [-0.05, 0) is 5.92 Å². The minimum absolute atomic E-state index is 0.0414. The number of halogens is 4. The Hall–Kier alpha value is -1.96. The summed E-state index contributed by atoms with van der Waals surface area (Å²) in [6.45, 7) is 1.12. The largest absolute Gasteiger partial charge is 0.505 e. The number of aromatic hydroxyl groups is 1. The Morgan fingerprint density at radius 3 is 2.57 bits per heavy atom. The van der Waals surface area contributed by atoms with Gasteiger partial charge in [0.2, 0.25) is 5.82 Å². The van der Waals surface area contributed by atoms with Crippen LogP contribution in [0.25, 0.3) is 0 Å². The van der Waals surface area contributed by atoms with E-state index in [-0.39, 0.29) is 12.2 Å². The fraction of sp³-hybridized carbons (Fsp3) is 0.467. The second-order valence-electron chi connectivity index (χ2n) is 5.19. The van der Waals surface area contributed by atoms with E-state index in [2.05, 4.69) is 4.74 Å². The first-order valence-corrected chi connectivity index (χ1v) is 6.84. The molecule has 0 saturated heterocycles. The van der Waals surface area contributed by atoms with E-state index in [1.165, 1.54) is 0 Å². The van der Waals surface area contributed by atoms with Gasteiger partial charge in [-0.2, -0.15) is 4.39 Å². The highest BCUT2D eigenvalue weighted by Crippen LogP contribution is 2.35. The standard InChI is InChI=1S/C15H16F4O4/c1-7-3-10(17)15(21-2)13(19)14(7)23-6-22-8-4-9(16)12(18)11(20)5-8/h4-5,7,13-14,20H,3,6H2,1-2H3. The fourth-order valence-corrected chi connectivity index (χ4v) is 2.37. The van der Waals surface area contributed by atoms with Gasteiger partial charge in [0.05, 0.1) is 7.11 Å². The third-order valence-electron chi connectivity index (χ3n) is 3.56. The first kappa shape index (κ1) is 17.4. The number of alkyl halides is 1. The van der Waals surface area contributed by atoms with Crippen LogP contribution >= 0.6 is 0 Å². The van der Waals surface area contributed by atoms with Gasteiger partial charge in [0, 0.05) is 18.6 Å². The quantitative estimate of drug-likeness (QED) is 0.659. The number of phenols is 1. The number of allylic oxidation sites excluding steroid dienone is 1. The second-order valence-corrected chi connectivity index (χ2v) is 5.19. The average Bonchev–Trinajstić information content (AvgIpc) is 2.48. The van der Waals surface area contributed by atoms with Crippen LogP contribution in [0.15, 0.2) is 23.7 Å². The lowest BCUT2D eigenvalue weighted by Gasteiger charge is -2.32. The van der Waals surface area contributed by atoms with Crippen molar-refractivity contribution >= 4 is 0 Å². The predicted molar refractivity (Wildman–Crippen MR) is 72.2 cm³/mol. The summed E-state index contributed by atoms with van der Waals surface area (Å²) < 4.78 is 68.7. The number of hydrogen-bond acceptors (Lipinski definition) is 4. The predicted octanol–water partition coefficient (Wildman–Crippen LogP) is 3.60. The second kappa shape index (κ2) is 7.08. The van der Waals surface area contributed by atoms with Gasteiger partial charge in [-0.3, -0.25) is 0 Å². The summed E-state index contributed by atoms with van der Waals surface area (Å²) >= 11 is 0. The van der Waals surface area contributed by atoms with E-state index in [1.807, 2.05) is 0 Å². The molecule has 1 N–H and O–H groups in total. The molecule has 1 aliphatic rings. The summed E-state index contributed by atoms with van der Waals surface area (Å²) in [6, 6.07) is 1.58. The van der Waals surface area contributed by atoms with Crippen molar-refractivity contribution in [1.82, 2.24) is 0 Å². The van der Waals surface area contributed by atoms with Crippen molar-refractivity contribution in [2.75, 3.05) is 13.9 Å². The van der Waals surface area contributed by atoms with Gasteiger partial charge in [0.25, 0.3) is 0 Å². The van der Waals surface area contributed by atoms with E-state index in [1.54, 1.807) is 6.92 Å². The van der Waals surface area contributed by atoms with Crippen LogP contribution in [0.5, 0.6) is 11.5 Å². The van der Waals surface area contributed by atoms with Gasteiger partial charge in [-0.15, -0.1) is 0 Å². The van der Waals surface area contributed by atoms with E-state index in [0.29, 0.717) is 0 Å². The van der Waals surface area contributed by atoms with E-state index < -0.39 is 54.0 Å². The number of benzene rings is 1. The molecule has 1 aliphatic carbocycles. The number of phenolic OH excluding ortho intramolecular Hbond substituents is 1. The first-order chi connectivity index (χ1) is 10.8. The zero-order valence-corrected chi connectivity index (χ0v) is 12.5. The maximum atomic E-state index is 14.2. The zero-order valence-electron chi connectivity index (χ0n) is 12.5. The monoisotopic (exact) mass is 336 g/mol. The Labute approximate surface area is 130 Å². The molecule has 0 fully saturated rings. The SMILES string of the molecule is COC1=C(F)CC(C)C(OCOc2cc(O)c(F)c(F)c2)C1F. The molecule has 0 heterocycles.